The summed E-state index contributed by atoms with van der Waals surface area (Å²) in [5.74, 6) is 0. The van der Waals surface area contributed by atoms with Crippen LogP contribution in [0.1, 0.15) is 25.3 Å². The molecule has 0 spiro atoms. The number of para-hydroxylation sites is 1. The number of anilines is 1. The summed E-state index contributed by atoms with van der Waals surface area (Å²) in [7, 11) is 0. The van der Waals surface area contributed by atoms with Crippen LogP contribution in [0.15, 0.2) is 36.4 Å². The highest BCUT2D eigenvalue weighted by Crippen LogP contribution is 2.37. The molecule has 136 valence electrons. The van der Waals surface area contributed by atoms with E-state index in [0.29, 0.717) is 24.1 Å². The highest BCUT2D eigenvalue weighted by Gasteiger charge is 2.20. The number of aryl methyl sites for hydroxylation is 1. The lowest BCUT2D eigenvalue weighted by Gasteiger charge is -2.14. The molecule has 0 aliphatic heterocycles. The number of nitro benzene ring substituents is 1. The zero-order valence-corrected chi connectivity index (χ0v) is 15.1. The van der Waals surface area contributed by atoms with Crippen molar-refractivity contribution in [1.82, 2.24) is 4.98 Å². The normalized spacial score (nSPS) is 11.2. The number of ether oxygens (including phenoxy) is 1. The van der Waals surface area contributed by atoms with Gasteiger partial charge in [0.1, 0.15) is 5.39 Å². The lowest BCUT2D eigenvalue weighted by atomic mass is 10.0. The summed E-state index contributed by atoms with van der Waals surface area (Å²) >= 11 is 0. The number of nitrogens with zero attached hydrogens (tertiary/aromatic N) is 2. The SMILES string of the molecule is CCCOCCCNc1c2ccccc2nc2c(C)ccc([N+](=O)[O-])c12. The summed E-state index contributed by atoms with van der Waals surface area (Å²) in [5, 5.41) is 16.5. The monoisotopic (exact) mass is 353 g/mol. The van der Waals surface area contributed by atoms with Crippen molar-refractivity contribution in [3.8, 4) is 0 Å². The summed E-state index contributed by atoms with van der Waals surface area (Å²) in [6, 6.07) is 11.0. The van der Waals surface area contributed by atoms with E-state index in [2.05, 4.69) is 17.2 Å². The van der Waals surface area contributed by atoms with Crippen LogP contribution in [0.2, 0.25) is 0 Å². The van der Waals surface area contributed by atoms with Crippen molar-refractivity contribution in [2.75, 3.05) is 25.1 Å². The van der Waals surface area contributed by atoms with Gasteiger partial charge in [-0.3, -0.25) is 10.1 Å². The Morgan fingerprint density at radius 3 is 2.77 bits per heavy atom. The Balaban J connectivity index is 2.07. The molecule has 0 bridgehead atoms. The number of nitrogens with one attached hydrogen (secondary N) is 1. The van der Waals surface area contributed by atoms with E-state index in [1.54, 1.807) is 12.1 Å². The van der Waals surface area contributed by atoms with Crippen molar-refractivity contribution in [1.29, 1.82) is 0 Å². The maximum absolute atomic E-state index is 11.6. The third kappa shape index (κ3) is 3.60. The van der Waals surface area contributed by atoms with Crippen LogP contribution in [-0.4, -0.2) is 29.7 Å². The van der Waals surface area contributed by atoms with Crippen molar-refractivity contribution in [3.05, 3.63) is 52.1 Å². The molecule has 1 N–H and O–H groups in total. The minimum atomic E-state index is -0.340. The van der Waals surface area contributed by atoms with Crippen LogP contribution in [0.4, 0.5) is 11.4 Å². The van der Waals surface area contributed by atoms with Crippen molar-refractivity contribution in [3.63, 3.8) is 0 Å². The first-order valence-corrected chi connectivity index (χ1v) is 8.91. The highest BCUT2D eigenvalue weighted by molar-refractivity contribution is 6.11. The summed E-state index contributed by atoms with van der Waals surface area (Å²) < 4.78 is 5.52. The molecule has 6 heteroatoms. The summed E-state index contributed by atoms with van der Waals surface area (Å²) in [4.78, 5) is 15.9. The molecule has 26 heavy (non-hydrogen) atoms. The summed E-state index contributed by atoms with van der Waals surface area (Å²) in [6.07, 6.45) is 1.83. The predicted molar refractivity (Wildman–Crippen MR) is 105 cm³/mol. The maximum Gasteiger partial charge on any atom is 0.280 e. The van der Waals surface area contributed by atoms with E-state index < -0.39 is 0 Å². The number of nitro groups is 1. The average molecular weight is 353 g/mol. The second-order valence-electron chi connectivity index (χ2n) is 6.28. The van der Waals surface area contributed by atoms with E-state index in [0.717, 1.165) is 41.6 Å². The van der Waals surface area contributed by atoms with Crippen LogP contribution in [0.25, 0.3) is 21.8 Å². The third-order valence-corrected chi connectivity index (χ3v) is 4.33. The Morgan fingerprint density at radius 2 is 2.00 bits per heavy atom. The van der Waals surface area contributed by atoms with Gasteiger partial charge in [-0.25, -0.2) is 4.98 Å². The van der Waals surface area contributed by atoms with Crippen LogP contribution < -0.4 is 5.32 Å². The number of hydrogen-bond donors (Lipinski definition) is 1. The molecule has 1 aromatic heterocycles. The van der Waals surface area contributed by atoms with Crippen molar-refractivity contribution >= 4 is 33.2 Å². The maximum atomic E-state index is 11.6. The van der Waals surface area contributed by atoms with E-state index in [4.69, 9.17) is 4.74 Å². The molecular formula is C20H23N3O3. The number of fused-ring (bicyclic) bond motifs is 2. The standard InChI is InChI=1S/C20H23N3O3/c1-3-12-26-13-6-11-21-20-15-7-4-5-8-16(15)22-19-14(2)9-10-17(18(19)20)23(24)25/h4-5,7-10H,3,6,11-13H2,1-2H3,(H,21,22). The largest absolute Gasteiger partial charge is 0.384 e. The molecule has 0 aliphatic carbocycles. The number of pyridine rings is 1. The molecule has 2 aromatic carbocycles. The van der Waals surface area contributed by atoms with Crippen LogP contribution >= 0.6 is 0 Å². The van der Waals surface area contributed by atoms with E-state index >= 15 is 0 Å². The second kappa shape index (κ2) is 8.10. The Labute approximate surface area is 152 Å². The van der Waals surface area contributed by atoms with Crippen LogP contribution in [0, 0.1) is 17.0 Å². The zero-order valence-electron chi connectivity index (χ0n) is 15.1. The quantitative estimate of drug-likeness (QED) is 0.271. The van der Waals surface area contributed by atoms with Crippen LogP contribution in [0.3, 0.4) is 0 Å². The number of aromatic nitrogens is 1. The van der Waals surface area contributed by atoms with Gasteiger partial charge in [0, 0.05) is 31.2 Å². The highest BCUT2D eigenvalue weighted by atomic mass is 16.6. The van der Waals surface area contributed by atoms with E-state index in [1.807, 2.05) is 31.2 Å². The van der Waals surface area contributed by atoms with Crippen molar-refractivity contribution < 1.29 is 9.66 Å². The summed E-state index contributed by atoms with van der Waals surface area (Å²) in [6.45, 7) is 6.11. The van der Waals surface area contributed by atoms with Gasteiger partial charge in [-0.15, -0.1) is 0 Å². The molecule has 0 atom stereocenters. The number of non-ortho nitro benzene ring substituents is 1. The third-order valence-electron chi connectivity index (χ3n) is 4.33. The lowest BCUT2D eigenvalue weighted by Crippen LogP contribution is -2.08. The Kier molecular flexibility index (Phi) is 5.63. The van der Waals surface area contributed by atoms with E-state index in [9.17, 15) is 10.1 Å². The molecular weight excluding hydrogens is 330 g/mol. The molecule has 6 nitrogen and oxygen atoms in total. The smallest absolute Gasteiger partial charge is 0.280 e. The fraction of sp³-hybridized carbons (Fsp3) is 0.350. The van der Waals surface area contributed by atoms with Gasteiger partial charge < -0.3 is 10.1 Å². The first-order chi connectivity index (χ1) is 12.6. The first kappa shape index (κ1) is 18.1. The molecule has 0 saturated heterocycles. The van der Waals surface area contributed by atoms with Gasteiger partial charge >= 0.3 is 0 Å². The van der Waals surface area contributed by atoms with Gasteiger partial charge in [0.2, 0.25) is 0 Å². The zero-order chi connectivity index (χ0) is 18.5. The van der Waals surface area contributed by atoms with Gasteiger partial charge in [-0.05, 0) is 31.4 Å². The first-order valence-electron chi connectivity index (χ1n) is 8.91. The molecule has 0 fully saturated rings. The molecule has 0 amide bonds. The fourth-order valence-corrected chi connectivity index (χ4v) is 3.08. The van der Waals surface area contributed by atoms with Gasteiger partial charge in [-0.2, -0.15) is 0 Å². The minimum Gasteiger partial charge on any atom is -0.384 e. The second-order valence-corrected chi connectivity index (χ2v) is 6.28. The molecule has 1 heterocycles. The van der Waals surface area contributed by atoms with Gasteiger partial charge in [0.15, 0.2) is 0 Å². The Hall–Kier alpha value is -2.73. The lowest BCUT2D eigenvalue weighted by molar-refractivity contribution is -0.383. The Morgan fingerprint density at radius 1 is 1.19 bits per heavy atom. The number of hydrogen-bond acceptors (Lipinski definition) is 5. The topological polar surface area (TPSA) is 77.3 Å². The molecule has 0 radical (unpaired) electrons. The summed E-state index contributed by atoms with van der Waals surface area (Å²) in [5.41, 5.74) is 3.27. The van der Waals surface area contributed by atoms with Crippen molar-refractivity contribution in [2.45, 2.75) is 26.7 Å². The molecule has 3 aromatic rings. The Bertz CT molecular complexity index is 940. The molecule has 0 unspecified atom stereocenters. The van der Waals surface area contributed by atoms with Crippen LogP contribution in [0.5, 0.6) is 0 Å². The predicted octanol–water partition coefficient (Wildman–Crippen LogP) is 4.83. The molecule has 3 rings (SSSR count). The fourth-order valence-electron chi connectivity index (χ4n) is 3.08. The molecule has 0 aliphatic rings. The van der Waals surface area contributed by atoms with Gasteiger partial charge in [0.25, 0.3) is 5.69 Å². The number of rotatable bonds is 8. The van der Waals surface area contributed by atoms with Gasteiger partial charge in [-0.1, -0.05) is 31.2 Å². The minimum absolute atomic E-state index is 0.0774. The van der Waals surface area contributed by atoms with E-state index in [1.165, 1.54) is 0 Å². The number of benzene rings is 2. The van der Waals surface area contributed by atoms with Gasteiger partial charge in [0.05, 0.1) is 21.6 Å². The van der Waals surface area contributed by atoms with E-state index in [-0.39, 0.29) is 10.6 Å². The molecule has 0 saturated carbocycles. The van der Waals surface area contributed by atoms with Crippen LogP contribution in [-0.2, 0) is 4.74 Å². The van der Waals surface area contributed by atoms with Crippen molar-refractivity contribution in [2.24, 2.45) is 0 Å². The average Bonchev–Trinajstić information content (AvgIpc) is 2.64.